The second-order valence-electron chi connectivity index (χ2n) is 5.81. The van der Waals surface area contributed by atoms with E-state index in [9.17, 15) is 20.0 Å². The van der Waals surface area contributed by atoms with Gasteiger partial charge in [0, 0.05) is 30.8 Å². The summed E-state index contributed by atoms with van der Waals surface area (Å²) in [4.78, 5) is 25.0. The molecule has 1 atom stereocenters. The third-order valence-corrected chi connectivity index (χ3v) is 4.01. The molecule has 0 saturated carbocycles. The van der Waals surface area contributed by atoms with Gasteiger partial charge in [0.15, 0.2) is 0 Å². The number of hydrogen-bond donors (Lipinski definition) is 2. The summed E-state index contributed by atoms with van der Waals surface area (Å²) in [5, 5.41) is 20.3. The lowest BCUT2D eigenvalue weighted by molar-refractivity contribution is -0.383. The maximum atomic E-state index is 12.9. The molecule has 0 aliphatic rings. The Morgan fingerprint density at radius 1 is 1.28 bits per heavy atom. The molecule has 3 N–H and O–H groups in total. The van der Waals surface area contributed by atoms with Crippen LogP contribution in [0.5, 0.6) is 0 Å². The molecule has 0 spiro atoms. The van der Waals surface area contributed by atoms with Crippen molar-refractivity contribution >= 4 is 17.3 Å². The third kappa shape index (κ3) is 4.54. The van der Waals surface area contributed by atoms with E-state index in [1.807, 2.05) is 37.3 Å². The minimum Gasteiger partial charge on any atom is -0.396 e. The van der Waals surface area contributed by atoms with Gasteiger partial charge < -0.3 is 15.7 Å². The molecule has 1 unspecified atom stereocenters. The first-order chi connectivity index (χ1) is 11.9. The highest BCUT2D eigenvalue weighted by atomic mass is 16.6. The lowest BCUT2D eigenvalue weighted by atomic mass is 10.1. The highest BCUT2D eigenvalue weighted by Crippen LogP contribution is 2.24. The fourth-order valence-electron chi connectivity index (χ4n) is 2.55. The molecular formula is C18H21N3O4. The van der Waals surface area contributed by atoms with Crippen molar-refractivity contribution in [2.45, 2.75) is 25.9 Å². The van der Waals surface area contributed by atoms with E-state index in [2.05, 4.69) is 0 Å². The average molecular weight is 343 g/mol. The zero-order valence-corrected chi connectivity index (χ0v) is 14.0. The number of nitrogens with zero attached hydrogens (tertiary/aromatic N) is 2. The van der Waals surface area contributed by atoms with Gasteiger partial charge in [-0.1, -0.05) is 30.3 Å². The SMILES string of the molecule is CC(CCO)N(Cc1ccccc1)C(=O)c1ccc(N)c([N+](=O)[O-])c1. The van der Waals surface area contributed by atoms with Gasteiger partial charge in [-0.25, -0.2) is 0 Å². The summed E-state index contributed by atoms with van der Waals surface area (Å²) in [6.45, 7) is 2.13. The van der Waals surface area contributed by atoms with Gasteiger partial charge in [0.05, 0.1) is 4.92 Å². The Kier molecular flexibility index (Phi) is 6.08. The number of carbonyl (C=O) groups is 1. The maximum Gasteiger partial charge on any atom is 0.292 e. The van der Waals surface area contributed by atoms with Gasteiger partial charge >= 0.3 is 0 Å². The number of nitro benzene ring substituents is 1. The second kappa shape index (κ2) is 8.25. The number of aliphatic hydroxyl groups is 1. The van der Waals surface area contributed by atoms with Crippen molar-refractivity contribution in [2.24, 2.45) is 0 Å². The summed E-state index contributed by atoms with van der Waals surface area (Å²) in [6, 6.07) is 13.3. The van der Waals surface area contributed by atoms with Gasteiger partial charge in [0.2, 0.25) is 0 Å². The van der Waals surface area contributed by atoms with Crippen LogP contribution in [0.1, 0.15) is 29.3 Å². The molecule has 0 fully saturated rings. The van der Waals surface area contributed by atoms with Crippen LogP contribution < -0.4 is 5.73 Å². The Labute approximate surface area is 145 Å². The summed E-state index contributed by atoms with van der Waals surface area (Å²) in [5.74, 6) is -0.340. The van der Waals surface area contributed by atoms with Crippen molar-refractivity contribution in [2.75, 3.05) is 12.3 Å². The molecule has 7 heteroatoms. The van der Waals surface area contributed by atoms with Gasteiger partial charge in [0.1, 0.15) is 5.69 Å². The Bertz CT molecular complexity index is 749. The summed E-state index contributed by atoms with van der Waals surface area (Å²) in [5.41, 5.74) is 6.45. The zero-order chi connectivity index (χ0) is 18.4. The number of aliphatic hydroxyl groups excluding tert-OH is 1. The third-order valence-electron chi connectivity index (χ3n) is 4.01. The van der Waals surface area contributed by atoms with E-state index in [-0.39, 0.29) is 35.5 Å². The number of nitrogens with two attached hydrogens (primary N) is 1. The van der Waals surface area contributed by atoms with E-state index in [1.165, 1.54) is 18.2 Å². The number of nitrogen functional groups attached to an aromatic ring is 1. The van der Waals surface area contributed by atoms with Gasteiger partial charge in [-0.05, 0) is 31.0 Å². The first-order valence-electron chi connectivity index (χ1n) is 7.93. The average Bonchev–Trinajstić information content (AvgIpc) is 2.60. The molecule has 7 nitrogen and oxygen atoms in total. The van der Waals surface area contributed by atoms with Crippen LogP contribution in [0.4, 0.5) is 11.4 Å². The van der Waals surface area contributed by atoms with Crippen molar-refractivity contribution in [3.05, 3.63) is 69.8 Å². The zero-order valence-electron chi connectivity index (χ0n) is 14.0. The number of hydrogen-bond acceptors (Lipinski definition) is 5. The molecule has 1 amide bonds. The lowest BCUT2D eigenvalue weighted by Gasteiger charge is -2.29. The molecular weight excluding hydrogens is 322 g/mol. The summed E-state index contributed by atoms with van der Waals surface area (Å²) < 4.78 is 0. The molecule has 0 bridgehead atoms. The monoisotopic (exact) mass is 343 g/mol. The summed E-state index contributed by atoms with van der Waals surface area (Å²) >= 11 is 0. The Hall–Kier alpha value is -2.93. The van der Waals surface area contributed by atoms with Crippen molar-refractivity contribution in [3.8, 4) is 0 Å². The van der Waals surface area contributed by atoms with Crippen molar-refractivity contribution < 1.29 is 14.8 Å². The van der Waals surface area contributed by atoms with Crippen molar-refractivity contribution in [3.63, 3.8) is 0 Å². The predicted molar refractivity (Wildman–Crippen MR) is 95.0 cm³/mol. The highest BCUT2D eigenvalue weighted by molar-refractivity contribution is 5.95. The normalized spacial score (nSPS) is 11.8. The number of anilines is 1. The van der Waals surface area contributed by atoms with E-state index >= 15 is 0 Å². The smallest absolute Gasteiger partial charge is 0.292 e. The largest absolute Gasteiger partial charge is 0.396 e. The van der Waals surface area contributed by atoms with Crippen LogP contribution >= 0.6 is 0 Å². The van der Waals surface area contributed by atoms with Gasteiger partial charge in [-0.15, -0.1) is 0 Å². The quantitative estimate of drug-likeness (QED) is 0.456. The number of nitro groups is 1. The second-order valence-corrected chi connectivity index (χ2v) is 5.81. The highest BCUT2D eigenvalue weighted by Gasteiger charge is 2.24. The van der Waals surface area contributed by atoms with E-state index in [4.69, 9.17) is 5.73 Å². The van der Waals surface area contributed by atoms with E-state index in [0.29, 0.717) is 13.0 Å². The molecule has 2 aromatic carbocycles. The predicted octanol–water partition coefficient (Wildman–Crippen LogP) is 2.59. The van der Waals surface area contributed by atoms with Crippen LogP contribution in [0.15, 0.2) is 48.5 Å². The minimum absolute atomic E-state index is 0.0135. The lowest BCUT2D eigenvalue weighted by Crippen LogP contribution is -2.38. The molecule has 25 heavy (non-hydrogen) atoms. The van der Waals surface area contributed by atoms with Crippen LogP contribution in [-0.4, -0.2) is 33.5 Å². The standard InChI is InChI=1S/C18H21N3O4/c1-13(9-10-22)20(12-14-5-3-2-4-6-14)18(23)15-7-8-16(19)17(11-15)21(24)25/h2-8,11,13,22H,9-10,12,19H2,1H3. The summed E-state index contributed by atoms with van der Waals surface area (Å²) in [6.07, 6.45) is 0.412. The molecule has 132 valence electrons. The van der Waals surface area contributed by atoms with Crippen LogP contribution in [0.3, 0.4) is 0 Å². The molecule has 0 radical (unpaired) electrons. The van der Waals surface area contributed by atoms with E-state index in [1.54, 1.807) is 4.90 Å². The molecule has 0 heterocycles. The van der Waals surface area contributed by atoms with Gasteiger partial charge in [-0.3, -0.25) is 14.9 Å². The Morgan fingerprint density at radius 2 is 1.96 bits per heavy atom. The topological polar surface area (TPSA) is 110 Å². The van der Waals surface area contributed by atoms with Crippen LogP contribution in [-0.2, 0) is 6.54 Å². The number of rotatable bonds is 7. The van der Waals surface area contributed by atoms with Gasteiger partial charge in [0.25, 0.3) is 11.6 Å². The van der Waals surface area contributed by atoms with E-state index < -0.39 is 4.92 Å². The number of benzene rings is 2. The molecule has 0 aromatic heterocycles. The minimum atomic E-state index is -0.606. The number of amides is 1. The number of carbonyl (C=O) groups excluding carboxylic acids is 1. The van der Waals surface area contributed by atoms with Crippen molar-refractivity contribution in [1.82, 2.24) is 4.90 Å². The molecule has 2 rings (SSSR count). The maximum absolute atomic E-state index is 12.9. The molecule has 0 aliphatic carbocycles. The fraction of sp³-hybridized carbons (Fsp3) is 0.278. The van der Waals surface area contributed by atoms with Gasteiger partial charge in [-0.2, -0.15) is 0 Å². The van der Waals surface area contributed by atoms with Crippen LogP contribution in [0.2, 0.25) is 0 Å². The summed E-state index contributed by atoms with van der Waals surface area (Å²) in [7, 11) is 0. The first kappa shape index (κ1) is 18.4. The first-order valence-corrected chi connectivity index (χ1v) is 7.93. The Morgan fingerprint density at radius 3 is 2.56 bits per heavy atom. The Balaban J connectivity index is 2.34. The van der Waals surface area contributed by atoms with Crippen LogP contribution in [0, 0.1) is 10.1 Å². The van der Waals surface area contributed by atoms with Crippen LogP contribution in [0.25, 0.3) is 0 Å². The fourth-order valence-corrected chi connectivity index (χ4v) is 2.55. The molecule has 0 aliphatic heterocycles. The molecule has 2 aromatic rings. The van der Waals surface area contributed by atoms with E-state index in [0.717, 1.165) is 5.56 Å². The molecule has 0 saturated heterocycles. The van der Waals surface area contributed by atoms with Crippen molar-refractivity contribution in [1.29, 1.82) is 0 Å².